The summed E-state index contributed by atoms with van der Waals surface area (Å²) in [5, 5.41) is 0. The van der Waals surface area contributed by atoms with E-state index >= 15 is 0 Å². The Kier molecular flexibility index (Phi) is 4.32. The fourth-order valence-electron chi connectivity index (χ4n) is 6.18. The van der Waals surface area contributed by atoms with Gasteiger partial charge in [-0.2, -0.15) is 0 Å². The second kappa shape index (κ2) is 5.71. The molecular formula is C25H38O. The molecule has 0 saturated carbocycles. The molecule has 0 aromatic rings. The largest absolute Gasteiger partial charge is 0.366 e. The molecule has 0 amide bonds. The molecule has 3 rings (SSSR count). The summed E-state index contributed by atoms with van der Waals surface area (Å²) in [5.41, 5.74) is 11.7. The lowest BCUT2D eigenvalue weighted by molar-refractivity contribution is 0.0208. The van der Waals surface area contributed by atoms with E-state index in [1.54, 1.807) is 0 Å². The van der Waals surface area contributed by atoms with Gasteiger partial charge < -0.3 is 4.74 Å². The van der Waals surface area contributed by atoms with Gasteiger partial charge in [-0.05, 0) is 87.3 Å². The smallest absolute Gasteiger partial charge is 0.116 e. The highest BCUT2D eigenvalue weighted by molar-refractivity contribution is 5.63. The van der Waals surface area contributed by atoms with E-state index in [-0.39, 0.29) is 16.4 Å². The van der Waals surface area contributed by atoms with Crippen molar-refractivity contribution in [1.82, 2.24) is 0 Å². The summed E-state index contributed by atoms with van der Waals surface area (Å²) >= 11 is 0. The fraction of sp³-hybridized carbons (Fsp3) is 0.680. The highest BCUT2D eigenvalue weighted by atomic mass is 16.5. The molecule has 2 aliphatic carbocycles. The molecule has 0 aromatic carbocycles. The highest BCUT2D eigenvalue weighted by Gasteiger charge is 2.59. The fourth-order valence-corrected chi connectivity index (χ4v) is 6.18. The number of hydrogen-bond acceptors (Lipinski definition) is 1. The van der Waals surface area contributed by atoms with Crippen molar-refractivity contribution in [2.24, 2.45) is 16.7 Å². The molecule has 1 unspecified atom stereocenters. The predicted octanol–water partition coefficient (Wildman–Crippen LogP) is 7.17. The maximum Gasteiger partial charge on any atom is 0.116 e. The van der Waals surface area contributed by atoms with Crippen molar-refractivity contribution in [1.29, 1.82) is 0 Å². The van der Waals surface area contributed by atoms with Gasteiger partial charge in [0, 0.05) is 17.4 Å². The van der Waals surface area contributed by atoms with Gasteiger partial charge in [0.05, 0.1) is 0 Å². The molecule has 26 heavy (non-hydrogen) atoms. The van der Waals surface area contributed by atoms with Crippen molar-refractivity contribution in [2.45, 2.75) is 88.2 Å². The van der Waals surface area contributed by atoms with Crippen molar-refractivity contribution in [3.8, 4) is 0 Å². The number of hydrogen-bond donors (Lipinski definition) is 0. The second-order valence-electron chi connectivity index (χ2n) is 10.0. The van der Waals surface area contributed by atoms with E-state index in [2.05, 4.69) is 76.2 Å². The molecule has 1 heterocycles. The molecule has 0 N–H and O–H groups in total. The van der Waals surface area contributed by atoms with Gasteiger partial charge in [0.25, 0.3) is 0 Å². The molecule has 1 saturated heterocycles. The highest BCUT2D eigenvalue weighted by Crippen LogP contribution is 2.63. The third kappa shape index (κ3) is 2.13. The van der Waals surface area contributed by atoms with E-state index < -0.39 is 0 Å². The lowest BCUT2D eigenvalue weighted by Crippen LogP contribution is -2.47. The van der Waals surface area contributed by atoms with Gasteiger partial charge in [-0.15, -0.1) is 0 Å². The van der Waals surface area contributed by atoms with Gasteiger partial charge in [-0.25, -0.2) is 0 Å². The third-order valence-corrected chi connectivity index (χ3v) is 8.44. The summed E-state index contributed by atoms with van der Waals surface area (Å²) in [6.45, 7) is 26.7. The Morgan fingerprint density at radius 2 is 1.08 bits per heavy atom. The Morgan fingerprint density at radius 1 is 0.692 bits per heavy atom. The average molecular weight is 355 g/mol. The molecule has 0 spiro atoms. The van der Waals surface area contributed by atoms with Crippen molar-refractivity contribution in [3.05, 3.63) is 44.6 Å². The van der Waals surface area contributed by atoms with Gasteiger partial charge in [0.15, 0.2) is 0 Å². The van der Waals surface area contributed by atoms with Crippen LogP contribution in [0.15, 0.2) is 44.6 Å². The topological polar surface area (TPSA) is 9.23 Å². The van der Waals surface area contributed by atoms with Crippen molar-refractivity contribution < 1.29 is 4.74 Å². The van der Waals surface area contributed by atoms with E-state index in [4.69, 9.17) is 4.74 Å². The first-order chi connectivity index (χ1) is 11.8. The third-order valence-electron chi connectivity index (χ3n) is 8.44. The van der Waals surface area contributed by atoms with Crippen LogP contribution in [-0.4, -0.2) is 12.2 Å². The van der Waals surface area contributed by atoms with Crippen LogP contribution in [0.5, 0.6) is 0 Å². The number of ether oxygens (including phenoxy) is 1. The van der Waals surface area contributed by atoms with Gasteiger partial charge in [0.2, 0.25) is 0 Å². The van der Waals surface area contributed by atoms with Crippen LogP contribution in [0.3, 0.4) is 0 Å². The maximum absolute atomic E-state index is 6.86. The Labute approximate surface area is 161 Å². The van der Waals surface area contributed by atoms with E-state index in [1.165, 1.54) is 44.6 Å². The molecule has 3 aliphatic rings. The summed E-state index contributed by atoms with van der Waals surface area (Å²) in [7, 11) is 0. The van der Waals surface area contributed by atoms with Gasteiger partial charge >= 0.3 is 0 Å². The van der Waals surface area contributed by atoms with E-state index in [1.807, 2.05) is 0 Å². The van der Waals surface area contributed by atoms with Crippen LogP contribution in [0.25, 0.3) is 0 Å². The Morgan fingerprint density at radius 3 is 1.31 bits per heavy atom. The molecule has 1 fully saturated rings. The molecule has 0 radical (unpaired) electrons. The first-order valence-electron chi connectivity index (χ1n) is 10.3. The Hall–Kier alpha value is -1.08. The Bertz CT molecular complexity index is 734. The summed E-state index contributed by atoms with van der Waals surface area (Å²) in [5.74, 6) is 0.494. The molecule has 1 aliphatic heterocycles. The number of allylic oxidation sites excluding steroid dienone is 6. The summed E-state index contributed by atoms with van der Waals surface area (Å²) in [6.07, 6.45) is 1.13. The lowest BCUT2D eigenvalue weighted by Gasteiger charge is -2.48. The summed E-state index contributed by atoms with van der Waals surface area (Å²) in [4.78, 5) is 0. The van der Waals surface area contributed by atoms with Crippen LogP contribution in [0.4, 0.5) is 0 Å². The molecular weight excluding hydrogens is 316 g/mol. The van der Waals surface area contributed by atoms with Crippen molar-refractivity contribution in [3.63, 3.8) is 0 Å². The van der Waals surface area contributed by atoms with Crippen LogP contribution in [-0.2, 0) is 4.74 Å². The zero-order chi connectivity index (χ0) is 19.8. The average Bonchev–Trinajstić information content (AvgIpc) is 3.03. The zero-order valence-corrected chi connectivity index (χ0v) is 18.9. The van der Waals surface area contributed by atoms with Crippen LogP contribution in [0.2, 0.25) is 0 Å². The monoisotopic (exact) mass is 354 g/mol. The molecule has 1 atom stereocenters. The van der Waals surface area contributed by atoms with Crippen LogP contribution in [0, 0.1) is 16.7 Å². The number of rotatable bonds is 2. The normalized spacial score (nSPS) is 30.3. The minimum atomic E-state index is -0.279. The quantitative estimate of drug-likeness (QED) is 0.511. The van der Waals surface area contributed by atoms with Gasteiger partial charge in [0.1, 0.15) is 5.60 Å². The standard InChI is InChI=1S/C25H38O/c1-14-12-13-26-25(14,21-17(4)15(2)19(6)23(21,8)9)22-18(5)16(3)20(7)24(22,10)11/h14H,12-13H2,1-11H3. The van der Waals surface area contributed by atoms with Gasteiger partial charge in [-0.3, -0.25) is 0 Å². The molecule has 1 nitrogen and oxygen atoms in total. The predicted molar refractivity (Wildman–Crippen MR) is 112 cm³/mol. The molecule has 1 heteroatoms. The molecule has 144 valence electrons. The van der Waals surface area contributed by atoms with Crippen molar-refractivity contribution in [2.75, 3.05) is 6.61 Å². The Balaban J connectivity index is 2.35. The first-order valence-corrected chi connectivity index (χ1v) is 10.3. The van der Waals surface area contributed by atoms with E-state index in [0.717, 1.165) is 13.0 Å². The van der Waals surface area contributed by atoms with E-state index in [0.29, 0.717) is 5.92 Å². The summed E-state index contributed by atoms with van der Waals surface area (Å²) in [6, 6.07) is 0. The van der Waals surface area contributed by atoms with Crippen LogP contribution >= 0.6 is 0 Å². The zero-order valence-electron chi connectivity index (χ0n) is 18.9. The van der Waals surface area contributed by atoms with Crippen molar-refractivity contribution >= 4 is 0 Å². The summed E-state index contributed by atoms with van der Waals surface area (Å²) < 4.78 is 6.86. The van der Waals surface area contributed by atoms with Crippen LogP contribution < -0.4 is 0 Å². The van der Waals surface area contributed by atoms with E-state index in [9.17, 15) is 0 Å². The molecule has 0 bridgehead atoms. The SMILES string of the molecule is CC1=C(C)C(C)(C)C(C2(C3=C(C)C(C)=C(C)C3(C)C)OCCC2C)=C1C. The maximum atomic E-state index is 6.86. The minimum absolute atomic E-state index is 0.0422. The second-order valence-corrected chi connectivity index (χ2v) is 10.0. The minimum Gasteiger partial charge on any atom is -0.366 e. The first kappa shape index (κ1) is 19.7. The lowest BCUT2D eigenvalue weighted by atomic mass is 9.60. The van der Waals surface area contributed by atoms with Crippen LogP contribution in [0.1, 0.15) is 82.6 Å². The van der Waals surface area contributed by atoms with Gasteiger partial charge in [-0.1, -0.05) is 45.8 Å². The molecule has 0 aromatic heterocycles.